The molecule has 2 aromatic carbocycles. The summed E-state index contributed by atoms with van der Waals surface area (Å²) in [6.45, 7) is 0.799. The minimum absolute atomic E-state index is 0.00734. The number of piperidine rings is 1. The third kappa shape index (κ3) is 4.91. The van der Waals surface area contributed by atoms with Crippen LogP contribution < -0.4 is 5.32 Å². The van der Waals surface area contributed by atoms with E-state index >= 15 is 0 Å². The number of hydrogen-bond acceptors (Lipinski definition) is 3. The van der Waals surface area contributed by atoms with E-state index in [4.69, 9.17) is 11.6 Å². The molecular formula is C19H18ClF3N2O3S. The van der Waals surface area contributed by atoms with E-state index in [1.54, 1.807) is 0 Å². The maximum atomic E-state index is 12.8. The Labute approximate surface area is 171 Å². The number of nitrogens with one attached hydrogen (secondary N) is 1. The highest BCUT2D eigenvalue weighted by atomic mass is 35.5. The number of halogens is 4. The Hall–Kier alpha value is -2.10. The van der Waals surface area contributed by atoms with Gasteiger partial charge in [0.2, 0.25) is 10.0 Å². The SMILES string of the molecule is O=C(Nc1cccc(C(F)(F)F)c1)c1cc(S(=O)(=O)N2CCCCC2)ccc1Cl. The third-order valence-electron chi connectivity index (χ3n) is 4.58. The first-order chi connectivity index (χ1) is 13.6. The van der Waals surface area contributed by atoms with E-state index in [-0.39, 0.29) is 21.2 Å². The van der Waals surface area contributed by atoms with Gasteiger partial charge in [0.1, 0.15) is 0 Å². The molecule has 1 aliphatic heterocycles. The highest BCUT2D eigenvalue weighted by Gasteiger charge is 2.31. The highest BCUT2D eigenvalue weighted by Crippen LogP contribution is 2.31. The monoisotopic (exact) mass is 446 g/mol. The van der Waals surface area contributed by atoms with Gasteiger partial charge in [0, 0.05) is 18.8 Å². The number of benzene rings is 2. The fourth-order valence-electron chi connectivity index (χ4n) is 3.06. The predicted octanol–water partition coefficient (Wildman–Crippen LogP) is 4.79. The van der Waals surface area contributed by atoms with Crippen LogP contribution in [0.15, 0.2) is 47.4 Å². The molecule has 0 unspecified atom stereocenters. The molecule has 0 saturated carbocycles. The van der Waals surface area contributed by atoms with E-state index in [2.05, 4.69) is 5.32 Å². The molecule has 0 radical (unpaired) electrons. The van der Waals surface area contributed by atoms with Crippen LogP contribution in [0.2, 0.25) is 5.02 Å². The number of hydrogen-bond donors (Lipinski definition) is 1. The Kier molecular flexibility index (Phi) is 6.21. The molecule has 1 N–H and O–H groups in total. The molecule has 10 heteroatoms. The van der Waals surface area contributed by atoms with E-state index in [0.717, 1.165) is 43.5 Å². The van der Waals surface area contributed by atoms with Gasteiger partial charge < -0.3 is 5.32 Å². The van der Waals surface area contributed by atoms with E-state index in [0.29, 0.717) is 13.1 Å². The summed E-state index contributed by atoms with van der Waals surface area (Å²) in [6, 6.07) is 7.89. The molecule has 0 aliphatic carbocycles. The molecule has 0 aromatic heterocycles. The van der Waals surface area contributed by atoms with Crippen LogP contribution in [0.3, 0.4) is 0 Å². The van der Waals surface area contributed by atoms with Gasteiger partial charge in [-0.1, -0.05) is 24.1 Å². The number of carbonyl (C=O) groups is 1. The van der Waals surface area contributed by atoms with Gasteiger partial charge in [0.05, 0.1) is 21.0 Å². The van der Waals surface area contributed by atoms with Crippen LogP contribution in [0.5, 0.6) is 0 Å². The second kappa shape index (κ2) is 8.33. The van der Waals surface area contributed by atoms with Crippen molar-refractivity contribution in [3.05, 3.63) is 58.6 Å². The Balaban J connectivity index is 1.87. The van der Waals surface area contributed by atoms with Crippen molar-refractivity contribution >= 4 is 33.2 Å². The lowest BCUT2D eigenvalue weighted by Crippen LogP contribution is -2.35. The third-order valence-corrected chi connectivity index (χ3v) is 6.81. The number of rotatable bonds is 4. The standard InChI is InChI=1S/C19H18ClF3N2O3S/c20-17-8-7-15(29(27,28)25-9-2-1-3-10-25)12-16(17)18(26)24-14-6-4-5-13(11-14)19(21,22)23/h4-8,11-12H,1-3,9-10H2,(H,24,26). The van der Waals surface area contributed by atoms with Crippen LogP contribution in [0.25, 0.3) is 0 Å². The second-order valence-electron chi connectivity index (χ2n) is 6.64. The van der Waals surface area contributed by atoms with Crippen LogP contribution >= 0.6 is 11.6 Å². The minimum Gasteiger partial charge on any atom is -0.322 e. The molecule has 0 spiro atoms. The number of amides is 1. The smallest absolute Gasteiger partial charge is 0.322 e. The predicted molar refractivity (Wildman–Crippen MR) is 103 cm³/mol. The van der Waals surface area contributed by atoms with Crippen molar-refractivity contribution in [3.63, 3.8) is 0 Å². The first kappa shape index (κ1) is 21.6. The van der Waals surface area contributed by atoms with E-state index < -0.39 is 27.7 Å². The molecule has 1 saturated heterocycles. The fourth-order valence-corrected chi connectivity index (χ4v) is 4.81. The summed E-state index contributed by atoms with van der Waals surface area (Å²) < 4.78 is 65.5. The summed E-state index contributed by atoms with van der Waals surface area (Å²) >= 11 is 6.05. The molecule has 0 bridgehead atoms. The van der Waals surface area contributed by atoms with Gasteiger partial charge in [-0.25, -0.2) is 8.42 Å². The van der Waals surface area contributed by atoms with Crippen molar-refractivity contribution in [3.8, 4) is 0 Å². The summed E-state index contributed by atoms with van der Waals surface area (Å²) in [5.74, 6) is -0.801. The summed E-state index contributed by atoms with van der Waals surface area (Å²) in [5, 5.41) is 2.33. The molecule has 29 heavy (non-hydrogen) atoms. The Morgan fingerprint density at radius 1 is 1.03 bits per heavy atom. The van der Waals surface area contributed by atoms with Crippen LogP contribution in [0.4, 0.5) is 18.9 Å². The van der Waals surface area contributed by atoms with Crippen LogP contribution in [-0.2, 0) is 16.2 Å². The molecule has 156 valence electrons. The molecule has 1 amide bonds. The average molecular weight is 447 g/mol. The van der Waals surface area contributed by atoms with Crippen molar-refractivity contribution in [1.29, 1.82) is 0 Å². The molecule has 5 nitrogen and oxygen atoms in total. The second-order valence-corrected chi connectivity index (χ2v) is 8.98. The van der Waals surface area contributed by atoms with Crippen molar-refractivity contribution in [2.45, 2.75) is 30.3 Å². The summed E-state index contributed by atoms with van der Waals surface area (Å²) in [4.78, 5) is 12.5. The van der Waals surface area contributed by atoms with Gasteiger partial charge in [-0.15, -0.1) is 0 Å². The largest absolute Gasteiger partial charge is 0.416 e. The van der Waals surface area contributed by atoms with Crippen LogP contribution in [0.1, 0.15) is 35.2 Å². The first-order valence-corrected chi connectivity index (χ1v) is 10.7. The lowest BCUT2D eigenvalue weighted by atomic mass is 10.1. The molecule has 1 aliphatic rings. The zero-order valence-corrected chi connectivity index (χ0v) is 16.7. The highest BCUT2D eigenvalue weighted by molar-refractivity contribution is 7.89. The van der Waals surface area contributed by atoms with Crippen molar-refractivity contribution in [1.82, 2.24) is 4.31 Å². The Morgan fingerprint density at radius 2 is 1.72 bits per heavy atom. The number of sulfonamides is 1. The van der Waals surface area contributed by atoms with Crippen molar-refractivity contribution in [2.24, 2.45) is 0 Å². The molecule has 0 atom stereocenters. The lowest BCUT2D eigenvalue weighted by Gasteiger charge is -2.26. The molecule has 3 rings (SSSR count). The zero-order valence-electron chi connectivity index (χ0n) is 15.2. The maximum Gasteiger partial charge on any atom is 0.416 e. The molecule has 2 aromatic rings. The van der Waals surface area contributed by atoms with E-state index in [1.165, 1.54) is 22.5 Å². The number of alkyl halides is 3. The van der Waals surface area contributed by atoms with Crippen LogP contribution in [-0.4, -0.2) is 31.7 Å². The van der Waals surface area contributed by atoms with Gasteiger partial charge in [-0.3, -0.25) is 4.79 Å². The Morgan fingerprint density at radius 3 is 2.38 bits per heavy atom. The fraction of sp³-hybridized carbons (Fsp3) is 0.316. The zero-order chi connectivity index (χ0) is 21.2. The molecule has 1 heterocycles. The minimum atomic E-state index is -4.55. The molecule has 1 fully saturated rings. The molecular weight excluding hydrogens is 429 g/mol. The van der Waals surface area contributed by atoms with E-state index in [1.807, 2.05) is 0 Å². The van der Waals surface area contributed by atoms with Gasteiger partial charge in [-0.05, 0) is 49.2 Å². The number of nitrogens with zero attached hydrogens (tertiary/aromatic N) is 1. The van der Waals surface area contributed by atoms with Gasteiger partial charge in [0.25, 0.3) is 5.91 Å². The number of anilines is 1. The van der Waals surface area contributed by atoms with Crippen molar-refractivity contribution in [2.75, 3.05) is 18.4 Å². The topological polar surface area (TPSA) is 66.5 Å². The van der Waals surface area contributed by atoms with Gasteiger partial charge in [-0.2, -0.15) is 17.5 Å². The van der Waals surface area contributed by atoms with Gasteiger partial charge >= 0.3 is 6.18 Å². The summed E-state index contributed by atoms with van der Waals surface area (Å²) in [7, 11) is -3.79. The quantitative estimate of drug-likeness (QED) is 0.734. The maximum absolute atomic E-state index is 12.8. The normalized spacial score (nSPS) is 15.9. The van der Waals surface area contributed by atoms with Crippen LogP contribution in [0, 0.1) is 0 Å². The Bertz CT molecular complexity index is 1020. The van der Waals surface area contributed by atoms with Crippen molar-refractivity contribution < 1.29 is 26.4 Å². The summed E-state index contributed by atoms with van der Waals surface area (Å²) in [5.41, 5.74) is -1.13. The number of carbonyl (C=O) groups excluding carboxylic acids is 1. The summed E-state index contributed by atoms with van der Waals surface area (Å²) in [6.07, 6.45) is -2.08. The van der Waals surface area contributed by atoms with Gasteiger partial charge in [0.15, 0.2) is 0 Å². The van der Waals surface area contributed by atoms with E-state index in [9.17, 15) is 26.4 Å². The first-order valence-electron chi connectivity index (χ1n) is 8.87. The lowest BCUT2D eigenvalue weighted by molar-refractivity contribution is -0.137. The average Bonchev–Trinajstić information content (AvgIpc) is 2.68.